The van der Waals surface area contributed by atoms with Gasteiger partial charge in [-0.05, 0) is 92.7 Å². The summed E-state index contributed by atoms with van der Waals surface area (Å²) in [5.41, 5.74) is 7.21. The second-order valence-electron chi connectivity index (χ2n) is 10.6. The highest BCUT2D eigenvalue weighted by Crippen LogP contribution is 2.55. The molecule has 3 aromatic rings. The summed E-state index contributed by atoms with van der Waals surface area (Å²) in [6.07, 6.45) is 2.78. The zero-order valence-corrected chi connectivity index (χ0v) is 19.2. The molecule has 182 valence electrons. The number of aromatic nitrogens is 2. The van der Waals surface area contributed by atoms with Crippen LogP contribution in [0.1, 0.15) is 54.4 Å². The monoisotopic (exact) mass is 480 g/mol. The number of nitrogens with two attached hydrogens (primary N) is 1. The number of anilines is 1. The van der Waals surface area contributed by atoms with Gasteiger partial charge in [-0.25, -0.2) is 4.68 Å². The molecule has 0 radical (unpaired) electrons. The molecule has 4 saturated carbocycles. The molecular formula is C27H27F3N4O. The van der Waals surface area contributed by atoms with Gasteiger partial charge in [0.2, 0.25) is 0 Å². The Hall–Kier alpha value is -3.29. The lowest BCUT2D eigenvalue weighted by atomic mass is 9.53. The van der Waals surface area contributed by atoms with Gasteiger partial charge in [-0.3, -0.25) is 4.79 Å². The number of hydrogen-bond donors (Lipinski definition) is 2. The van der Waals surface area contributed by atoms with Gasteiger partial charge in [0.25, 0.3) is 5.91 Å². The van der Waals surface area contributed by atoms with E-state index >= 15 is 0 Å². The SMILES string of the molecule is Nc1cc(-c2cccc(C(F)(F)F)c2)nn1-c1ccc(C(=O)NC23CC4CC(CC(C4)C2)C3)cc1. The average Bonchev–Trinajstić information content (AvgIpc) is 3.19. The van der Waals surface area contributed by atoms with Crippen LogP contribution in [-0.2, 0) is 6.18 Å². The summed E-state index contributed by atoms with van der Waals surface area (Å²) in [6.45, 7) is 0. The molecule has 1 aromatic heterocycles. The predicted molar refractivity (Wildman–Crippen MR) is 127 cm³/mol. The Kier molecular flexibility index (Phi) is 4.99. The van der Waals surface area contributed by atoms with Crippen LogP contribution in [0.4, 0.5) is 19.0 Å². The molecule has 0 unspecified atom stereocenters. The third kappa shape index (κ3) is 4.09. The Morgan fingerprint density at radius 2 is 1.60 bits per heavy atom. The van der Waals surface area contributed by atoms with Crippen molar-refractivity contribution in [3.63, 3.8) is 0 Å². The molecule has 0 atom stereocenters. The number of alkyl halides is 3. The molecule has 35 heavy (non-hydrogen) atoms. The van der Waals surface area contributed by atoms with Gasteiger partial charge < -0.3 is 11.1 Å². The molecule has 5 nitrogen and oxygen atoms in total. The topological polar surface area (TPSA) is 72.9 Å². The molecule has 4 aliphatic carbocycles. The quantitative estimate of drug-likeness (QED) is 0.493. The van der Waals surface area contributed by atoms with Gasteiger partial charge in [-0.2, -0.15) is 18.3 Å². The summed E-state index contributed by atoms with van der Waals surface area (Å²) in [5.74, 6) is 2.48. The van der Waals surface area contributed by atoms with Crippen molar-refractivity contribution in [2.75, 3.05) is 5.73 Å². The largest absolute Gasteiger partial charge is 0.416 e. The second kappa shape index (κ2) is 7.86. The molecule has 8 heteroatoms. The van der Waals surface area contributed by atoms with Crippen LogP contribution in [0.2, 0.25) is 0 Å². The van der Waals surface area contributed by atoms with Gasteiger partial charge in [0, 0.05) is 22.7 Å². The third-order valence-corrected chi connectivity index (χ3v) is 8.01. The fraction of sp³-hybridized carbons (Fsp3) is 0.407. The van der Waals surface area contributed by atoms with Crippen molar-refractivity contribution in [2.45, 2.75) is 50.2 Å². The number of rotatable bonds is 4. The summed E-state index contributed by atoms with van der Waals surface area (Å²) in [5, 5.41) is 7.80. The molecule has 1 heterocycles. The van der Waals surface area contributed by atoms with Crippen LogP contribution >= 0.6 is 0 Å². The van der Waals surface area contributed by atoms with Crippen molar-refractivity contribution in [1.29, 1.82) is 0 Å². The maximum absolute atomic E-state index is 13.1. The van der Waals surface area contributed by atoms with Gasteiger partial charge in [0.1, 0.15) is 5.82 Å². The lowest BCUT2D eigenvalue weighted by Crippen LogP contribution is -2.59. The van der Waals surface area contributed by atoms with Gasteiger partial charge in [0.15, 0.2) is 0 Å². The minimum absolute atomic E-state index is 0.0587. The predicted octanol–water partition coefficient (Wildman–Crippen LogP) is 5.84. The Bertz CT molecular complexity index is 1240. The van der Waals surface area contributed by atoms with Gasteiger partial charge >= 0.3 is 6.18 Å². The van der Waals surface area contributed by atoms with Crippen molar-refractivity contribution in [2.24, 2.45) is 17.8 Å². The summed E-state index contributed by atoms with van der Waals surface area (Å²) in [7, 11) is 0. The van der Waals surface area contributed by atoms with Crippen LogP contribution in [0.5, 0.6) is 0 Å². The zero-order chi connectivity index (χ0) is 24.4. The number of carbonyl (C=O) groups is 1. The third-order valence-electron chi connectivity index (χ3n) is 8.01. The fourth-order valence-electron chi connectivity index (χ4n) is 6.93. The Morgan fingerprint density at radius 3 is 2.20 bits per heavy atom. The first kappa shape index (κ1) is 22.2. The summed E-state index contributed by atoms with van der Waals surface area (Å²) in [4.78, 5) is 13.1. The smallest absolute Gasteiger partial charge is 0.384 e. The molecule has 0 aliphatic heterocycles. The normalized spacial score (nSPS) is 27.2. The van der Waals surface area contributed by atoms with E-state index in [2.05, 4.69) is 10.4 Å². The van der Waals surface area contributed by atoms with E-state index in [1.165, 1.54) is 30.0 Å². The van der Waals surface area contributed by atoms with Crippen molar-refractivity contribution < 1.29 is 18.0 Å². The molecule has 4 aliphatic rings. The Balaban J connectivity index is 1.20. The second-order valence-corrected chi connectivity index (χ2v) is 10.6. The van der Waals surface area contributed by atoms with Crippen LogP contribution in [0.3, 0.4) is 0 Å². The van der Waals surface area contributed by atoms with Crippen LogP contribution in [0.15, 0.2) is 54.6 Å². The number of halogens is 3. The summed E-state index contributed by atoms with van der Waals surface area (Å²) in [6, 6.07) is 13.6. The van der Waals surface area contributed by atoms with Crippen LogP contribution in [0.25, 0.3) is 16.9 Å². The number of carbonyl (C=O) groups excluding carboxylic acids is 1. The first-order valence-corrected chi connectivity index (χ1v) is 12.1. The van der Waals surface area contributed by atoms with Gasteiger partial charge in [-0.1, -0.05) is 12.1 Å². The summed E-state index contributed by atoms with van der Waals surface area (Å²) < 4.78 is 40.7. The molecule has 0 saturated heterocycles. The molecule has 2 aromatic carbocycles. The van der Waals surface area contributed by atoms with E-state index in [4.69, 9.17) is 5.73 Å². The van der Waals surface area contributed by atoms with Crippen molar-refractivity contribution in [1.82, 2.24) is 15.1 Å². The standard InChI is InChI=1S/C27H27F3N4O/c28-27(29,30)21-3-1-2-20(11-21)23-12-24(31)34(33-23)22-6-4-19(5-7-22)25(35)32-26-13-16-8-17(14-26)10-18(9-16)15-26/h1-7,11-12,16-18H,8-10,13-15,31H2,(H,32,35). The minimum Gasteiger partial charge on any atom is -0.384 e. The molecular weight excluding hydrogens is 453 g/mol. The zero-order valence-electron chi connectivity index (χ0n) is 19.2. The Labute approximate surface area is 201 Å². The molecule has 7 rings (SSSR count). The van der Waals surface area contributed by atoms with E-state index in [1.54, 1.807) is 36.4 Å². The number of nitrogen functional groups attached to an aromatic ring is 1. The molecule has 1 amide bonds. The van der Waals surface area contributed by atoms with Crippen molar-refractivity contribution >= 4 is 11.7 Å². The number of nitrogens with zero attached hydrogens (tertiary/aromatic N) is 2. The van der Waals surface area contributed by atoms with Crippen LogP contribution < -0.4 is 11.1 Å². The van der Waals surface area contributed by atoms with E-state index in [1.807, 2.05) is 0 Å². The highest BCUT2D eigenvalue weighted by molar-refractivity contribution is 5.95. The molecule has 4 fully saturated rings. The van der Waals surface area contributed by atoms with Crippen molar-refractivity contribution in [3.8, 4) is 16.9 Å². The van der Waals surface area contributed by atoms with Crippen molar-refractivity contribution in [3.05, 3.63) is 65.7 Å². The van der Waals surface area contributed by atoms with E-state index in [-0.39, 0.29) is 11.4 Å². The van der Waals surface area contributed by atoms with Crippen LogP contribution in [0, 0.1) is 17.8 Å². The highest BCUT2D eigenvalue weighted by atomic mass is 19.4. The van der Waals surface area contributed by atoms with Gasteiger partial charge in [-0.15, -0.1) is 0 Å². The van der Waals surface area contributed by atoms with E-state index in [0.29, 0.717) is 28.3 Å². The number of benzene rings is 2. The van der Waals surface area contributed by atoms with Crippen LogP contribution in [-0.4, -0.2) is 21.2 Å². The first-order valence-electron chi connectivity index (χ1n) is 12.1. The highest BCUT2D eigenvalue weighted by Gasteiger charge is 2.51. The Morgan fingerprint density at radius 1 is 0.971 bits per heavy atom. The van der Waals surface area contributed by atoms with E-state index in [0.717, 1.165) is 49.1 Å². The van der Waals surface area contributed by atoms with Gasteiger partial charge in [0.05, 0.1) is 16.9 Å². The maximum Gasteiger partial charge on any atom is 0.416 e. The lowest BCUT2D eigenvalue weighted by molar-refractivity contribution is -0.137. The number of hydrogen-bond acceptors (Lipinski definition) is 3. The fourth-order valence-corrected chi connectivity index (χ4v) is 6.93. The maximum atomic E-state index is 13.1. The molecule has 0 spiro atoms. The first-order chi connectivity index (χ1) is 16.7. The minimum atomic E-state index is -4.43. The van der Waals surface area contributed by atoms with E-state index in [9.17, 15) is 18.0 Å². The summed E-state index contributed by atoms with van der Waals surface area (Å²) >= 11 is 0. The molecule has 4 bridgehead atoms. The number of amides is 1. The number of nitrogens with one attached hydrogen (secondary N) is 1. The lowest BCUT2D eigenvalue weighted by Gasteiger charge is -2.56. The van der Waals surface area contributed by atoms with E-state index < -0.39 is 11.7 Å². The molecule has 3 N–H and O–H groups in total. The average molecular weight is 481 g/mol.